The van der Waals surface area contributed by atoms with Crippen LogP contribution in [0.25, 0.3) is 10.9 Å². The summed E-state index contributed by atoms with van der Waals surface area (Å²) in [7, 11) is 0. The molecule has 4 nitrogen and oxygen atoms in total. The van der Waals surface area contributed by atoms with Gasteiger partial charge in [0.1, 0.15) is 6.10 Å². The smallest absolute Gasteiger partial charge is 0.377 e. The number of rotatable bonds is 3. The molecule has 2 heterocycles. The zero-order valence-corrected chi connectivity index (χ0v) is 11.5. The van der Waals surface area contributed by atoms with Gasteiger partial charge in [-0.1, -0.05) is 11.6 Å². The van der Waals surface area contributed by atoms with Crippen LogP contribution < -0.4 is 5.32 Å². The monoisotopic (exact) mass is 312 g/mol. The molecule has 1 N–H and O–H groups in total. The number of cyclic esters (lactones) is 1. The molecule has 1 fully saturated rings. The van der Waals surface area contributed by atoms with Crippen molar-refractivity contribution in [2.45, 2.75) is 18.4 Å². The van der Waals surface area contributed by atoms with E-state index in [0.29, 0.717) is 16.2 Å². The molecule has 1 aromatic heterocycles. The van der Waals surface area contributed by atoms with Gasteiger partial charge in [-0.3, -0.25) is 4.98 Å². The Bertz CT molecular complexity index is 708. The molecule has 21 heavy (non-hydrogen) atoms. The first-order chi connectivity index (χ1) is 9.97. The summed E-state index contributed by atoms with van der Waals surface area (Å²) >= 11 is 6.08. The lowest BCUT2D eigenvalue weighted by molar-refractivity contribution is -0.158. The Morgan fingerprint density at radius 1 is 1.43 bits per heavy atom. The second kappa shape index (κ2) is 5.11. The molecule has 110 valence electrons. The van der Waals surface area contributed by atoms with Crippen molar-refractivity contribution in [3.8, 4) is 0 Å². The predicted octanol–water partition coefficient (Wildman–Crippen LogP) is 3.25. The van der Waals surface area contributed by atoms with Crippen LogP contribution in [-0.4, -0.2) is 29.5 Å². The number of anilines is 1. The average molecular weight is 313 g/mol. The SMILES string of the molecule is O=C1OC(CNc2ccc(Cl)c3cccnc23)CC1(F)F. The lowest BCUT2D eigenvalue weighted by Crippen LogP contribution is -2.22. The molecule has 0 amide bonds. The summed E-state index contributed by atoms with van der Waals surface area (Å²) in [5, 5.41) is 4.30. The molecular formula is C14H11ClF2N2O2. The van der Waals surface area contributed by atoms with Gasteiger partial charge < -0.3 is 10.1 Å². The van der Waals surface area contributed by atoms with E-state index >= 15 is 0 Å². The van der Waals surface area contributed by atoms with Crippen LogP contribution in [0.1, 0.15) is 6.42 Å². The van der Waals surface area contributed by atoms with Gasteiger partial charge >= 0.3 is 11.9 Å². The van der Waals surface area contributed by atoms with Crippen molar-refractivity contribution < 1.29 is 18.3 Å². The second-order valence-corrected chi connectivity index (χ2v) is 5.22. The number of fused-ring (bicyclic) bond motifs is 1. The molecule has 1 aromatic carbocycles. The van der Waals surface area contributed by atoms with Gasteiger partial charge in [0, 0.05) is 11.6 Å². The zero-order chi connectivity index (χ0) is 15.0. The van der Waals surface area contributed by atoms with Gasteiger partial charge in [-0.25, -0.2) is 4.79 Å². The van der Waals surface area contributed by atoms with E-state index in [1.165, 1.54) is 0 Å². The highest BCUT2D eigenvalue weighted by Gasteiger charge is 2.50. The zero-order valence-electron chi connectivity index (χ0n) is 10.8. The first kappa shape index (κ1) is 14.0. The van der Waals surface area contributed by atoms with Gasteiger partial charge in [0.05, 0.1) is 29.2 Å². The number of nitrogens with zero attached hydrogens (tertiary/aromatic N) is 1. The summed E-state index contributed by atoms with van der Waals surface area (Å²) in [4.78, 5) is 15.2. The lowest BCUT2D eigenvalue weighted by atomic mass is 10.1. The Hall–Kier alpha value is -1.95. The van der Waals surface area contributed by atoms with E-state index in [0.717, 1.165) is 5.39 Å². The maximum atomic E-state index is 13.1. The number of nitrogens with one attached hydrogen (secondary N) is 1. The third kappa shape index (κ3) is 2.63. The molecule has 1 saturated heterocycles. The normalized spacial score (nSPS) is 20.5. The minimum atomic E-state index is -3.40. The fourth-order valence-electron chi connectivity index (χ4n) is 2.27. The van der Waals surface area contributed by atoms with E-state index in [2.05, 4.69) is 15.0 Å². The maximum absolute atomic E-state index is 13.1. The van der Waals surface area contributed by atoms with Crippen LogP contribution in [0.2, 0.25) is 5.02 Å². The molecular weight excluding hydrogens is 302 g/mol. The van der Waals surface area contributed by atoms with Crippen molar-refractivity contribution in [3.05, 3.63) is 35.5 Å². The number of carbonyl (C=O) groups is 1. The van der Waals surface area contributed by atoms with Crippen LogP contribution in [-0.2, 0) is 9.53 Å². The van der Waals surface area contributed by atoms with Crippen LogP contribution in [0, 0.1) is 0 Å². The summed E-state index contributed by atoms with van der Waals surface area (Å²) in [6.07, 6.45) is 0.146. The van der Waals surface area contributed by atoms with E-state index in [-0.39, 0.29) is 6.54 Å². The number of pyridine rings is 1. The standard InChI is InChI=1S/C14H11ClF2N2O2/c15-10-3-4-11(12-9(10)2-1-5-18-12)19-7-8-6-14(16,17)13(20)21-8/h1-5,8,19H,6-7H2. The van der Waals surface area contributed by atoms with Crippen molar-refractivity contribution in [1.29, 1.82) is 0 Å². The number of esters is 1. The molecule has 0 aliphatic carbocycles. The predicted molar refractivity (Wildman–Crippen MR) is 74.7 cm³/mol. The summed E-state index contributed by atoms with van der Waals surface area (Å²) in [5.41, 5.74) is 1.29. The topological polar surface area (TPSA) is 51.2 Å². The van der Waals surface area contributed by atoms with E-state index in [1.54, 1.807) is 24.4 Å². The Morgan fingerprint density at radius 2 is 2.24 bits per heavy atom. The van der Waals surface area contributed by atoms with Crippen molar-refractivity contribution in [2.75, 3.05) is 11.9 Å². The number of hydrogen-bond donors (Lipinski definition) is 1. The summed E-state index contributed by atoms with van der Waals surface area (Å²) in [6, 6.07) is 6.99. The van der Waals surface area contributed by atoms with Crippen molar-refractivity contribution >= 4 is 34.2 Å². The van der Waals surface area contributed by atoms with Gasteiger partial charge in [-0.15, -0.1) is 0 Å². The summed E-state index contributed by atoms with van der Waals surface area (Å²) < 4.78 is 30.8. The van der Waals surface area contributed by atoms with Crippen LogP contribution in [0.3, 0.4) is 0 Å². The van der Waals surface area contributed by atoms with Gasteiger partial charge in [0.25, 0.3) is 0 Å². The number of alkyl halides is 2. The van der Waals surface area contributed by atoms with Crippen LogP contribution in [0.15, 0.2) is 30.5 Å². The molecule has 0 bridgehead atoms. The molecule has 0 spiro atoms. The minimum Gasteiger partial charge on any atom is -0.456 e. The Morgan fingerprint density at radius 3 is 2.95 bits per heavy atom. The molecule has 2 aromatic rings. The van der Waals surface area contributed by atoms with Crippen LogP contribution >= 0.6 is 11.6 Å². The fraction of sp³-hybridized carbons (Fsp3) is 0.286. The third-order valence-corrected chi connectivity index (χ3v) is 3.62. The highest BCUT2D eigenvalue weighted by Crippen LogP contribution is 2.32. The molecule has 1 aliphatic heterocycles. The van der Waals surface area contributed by atoms with Crippen molar-refractivity contribution in [1.82, 2.24) is 4.98 Å². The quantitative estimate of drug-likeness (QED) is 0.884. The van der Waals surface area contributed by atoms with Gasteiger partial charge in [0.2, 0.25) is 0 Å². The number of carbonyl (C=O) groups excluding carboxylic acids is 1. The van der Waals surface area contributed by atoms with Gasteiger partial charge in [0.15, 0.2) is 0 Å². The molecule has 1 atom stereocenters. The molecule has 0 radical (unpaired) electrons. The molecule has 1 aliphatic rings. The first-order valence-electron chi connectivity index (χ1n) is 6.33. The first-order valence-corrected chi connectivity index (χ1v) is 6.71. The van der Waals surface area contributed by atoms with E-state index in [4.69, 9.17) is 11.6 Å². The Labute approximate surface area is 124 Å². The molecule has 1 unspecified atom stereocenters. The van der Waals surface area contributed by atoms with Crippen LogP contribution in [0.4, 0.5) is 14.5 Å². The molecule has 3 rings (SSSR count). The number of benzene rings is 1. The van der Waals surface area contributed by atoms with Gasteiger partial charge in [-0.2, -0.15) is 8.78 Å². The fourth-order valence-corrected chi connectivity index (χ4v) is 2.48. The number of halogens is 3. The second-order valence-electron chi connectivity index (χ2n) is 4.81. The van der Waals surface area contributed by atoms with Crippen LogP contribution in [0.5, 0.6) is 0 Å². The van der Waals surface area contributed by atoms with Gasteiger partial charge in [-0.05, 0) is 24.3 Å². The highest BCUT2D eigenvalue weighted by molar-refractivity contribution is 6.35. The maximum Gasteiger partial charge on any atom is 0.377 e. The minimum absolute atomic E-state index is 0.0919. The lowest BCUT2D eigenvalue weighted by Gasteiger charge is -2.13. The average Bonchev–Trinajstić information content (AvgIpc) is 2.72. The Balaban J connectivity index is 1.78. The largest absolute Gasteiger partial charge is 0.456 e. The Kier molecular flexibility index (Phi) is 3.41. The highest BCUT2D eigenvalue weighted by atomic mass is 35.5. The summed E-state index contributed by atoms with van der Waals surface area (Å²) in [6.45, 7) is 0.0919. The third-order valence-electron chi connectivity index (χ3n) is 3.29. The number of ether oxygens (including phenoxy) is 1. The summed E-state index contributed by atoms with van der Waals surface area (Å²) in [5.74, 6) is -4.86. The molecule has 0 saturated carbocycles. The van der Waals surface area contributed by atoms with E-state index < -0.39 is 24.4 Å². The van der Waals surface area contributed by atoms with Crippen molar-refractivity contribution in [2.24, 2.45) is 0 Å². The van der Waals surface area contributed by atoms with Crippen molar-refractivity contribution in [3.63, 3.8) is 0 Å². The molecule has 7 heteroatoms. The number of aromatic nitrogens is 1. The van der Waals surface area contributed by atoms with E-state index in [9.17, 15) is 13.6 Å². The number of hydrogen-bond acceptors (Lipinski definition) is 4. The van der Waals surface area contributed by atoms with E-state index in [1.807, 2.05) is 6.07 Å².